The lowest BCUT2D eigenvalue weighted by molar-refractivity contribution is 0.251. The number of carbonyl (C=O) groups excluding carboxylic acids is 1. The van der Waals surface area contributed by atoms with Crippen LogP contribution in [0.1, 0.15) is 29.1 Å². The first kappa shape index (κ1) is 16.3. The monoisotopic (exact) mass is 319 g/mol. The third-order valence-electron chi connectivity index (χ3n) is 3.32. The van der Waals surface area contributed by atoms with Crippen molar-refractivity contribution >= 4 is 23.1 Å². The molecule has 0 fully saturated rings. The van der Waals surface area contributed by atoms with Gasteiger partial charge < -0.3 is 15.4 Å². The molecule has 0 radical (unpaired) electrons. The van der Waals surface area contributed by atoms with Crippen LogP contribution in [0.25, 0.3) is 0 Å². The molecule has 2 N–H and O–H groups in total. The minimum absolute atomic E-state index is 0.191. The van der Waals surface area contributed by atoms with Crippen LogP contribution in [0.15, 0.2) is 23.6 Å². The van der Waals surface area contributed by atoms with Crippen LogP contribution in [0.2, 0.25) is 0 Å². The van der Waals surface area contributed by atoms with Gasteiger partial charge in [0.1, 0.15) is 5.75 Å². The molecule has 0 aliphatic rings. The van der Waals surface area contributed by atoms with E-state index in [1.54, 1.807) is 18.4 Å². The van der Waals surface area contributed by atoms with Crippen LogP contribution >= 0.6 is 11.3 Å². The maximum Gasteiger partial charge on any atom is 0.319 e. The predicted octanol–water partition coefficient (Wildman–Crippen LogP) is 3.69. The zero-order valence-electron chi connectivity index (χ0n) is 13.3. The fraction of sp³-hybridized carbons (Fsp3) is 0.375. The van der Waals surface area contributed by atoms with E-state index in [0.717, 1.165) is 22.0 Å². The Balaban J connectivity index is 1.90. The van der Waals surface area contributed by atoms with Crippen molar-refractivity contribution in [3.63, 3.8) is 0 Å². The summed E-state index contributed by atoms with van der Waals surface area (Å²) in [6, 6.07) is 5.36. The van der Waals surface area contributed by atoms with E-state index in [4.69, 9.17) is 4.74 Å². The second kappa shape index (κ2) is 7.26. The van der Waals surface area contributed by atoms with Crippen molar-refractivity contribution in [2.24, 2.45) is 0 Å². The number of carbonyl (C=O) groups is 1. The Labute approximate surface area is 134 Å². The molecule has 0 bridgehead atoms. The topological polar surface area (TPSA) is 63.2 Å². The highest BCUT2D eigenvalue weighted by Gasteiger charge is 2.12. The van der Waals surface area contributed by atoms with Crippen molar-refractivity contribution in [3.8, 4) is 5.75 Å². The number of benzene rings is 1. The number of rotatable bonds is 5. The summed E-state index contributed by atoms with van der Waals surface area (Å²) in [6.45, 7) is 6.51. The molecule has 2 aromatic rings. The van der Waals surface area contributed by atoms with E-state index in [1.165, 1.54) is 0 Å². The third kappa shape index (κ3) is 4.21. The molecule has 0 spiro atoms. The minimum Gasteiger partial charge on any atom is -0.497 e. The number of hydrogen-bond acceptors (Lipinski definition) is 4. The van der Waals surface area contributed by atoms with Gasteiger partial charge in [0.15, 0.2) is 0 Å². The number of methoxy groups -OCH3 is 1. The molecule has 6 heteroatoms. The van der Waals surface area contributed by atoms with Gasteiger partial charge in [-0.15, -0.1) is 11.3 Å². The molecule has 22 heavy (non-hydrogen) atoms. The minimum atomic E-state index is -0.225. The zero-order valence-corrected chi connectivity index (χ0v) is 14.1. The Kier molecular flexibility index (Phi) is 5.38. The van der Waals surface area contributed by atoms with Crippen LogP contribution in [-0.2, 0) is 0 Å². The quantitative estimate of drug-likeness (QED) is 0.883. The number of aryl methyl sites for hydroxylation is 2. The van der Waals surface area contributed by atoms with E-state index in [1.807, 2.05) is 37.4 Å². The molecule has 0 unspecified atom stereocenters. The highest BCUT2D eigenvalue weighted by atomic mass is 32.1. The van der Waals surface area contributed by atoms with Crippen LogP contribution < -0.4 is 15.4 Å². The molecular weight excluding hydrogens is 298 g/mol. The van der Waals surface area contributed by atoms with Crippen molar-refractivity contribution < 1.29 is 9.53 Å². The predicted molar refractivity (Wildman–Crippen MR) is 90.0 cm³/mol. The molecule has 1 atom stereocenters. The number of ether oxygens (including phenoxy) is 1. The van der Waals surface area contributed by atoms with E-state index >= 15 is 0 Å². The van der Waals surface area contributed by atoms with Gasteiger partial charge in [0, 0.05) is 35.3 Å². The Bertz CT molecular complexity index is 655. The number of hydrogen-bond donors (Lipinski definition) is 2. The maximum absolute atomic E-state index is 12.0. The van der Waals surface area contributed by atoms with Crippen molar-refractivity contribution in [2.45, 2.75) is 26.7 Å². The van der Waals surface area contributed by atoms with E-state index < -0.39 is 0 Å². The van der Waals surface area contributed by atoms with Gasteiger partial charge in [0.2, 0.25) is 0 Å². The summed E-state index contributed by atoms with van der Waals surface area (Å²) in [7, 11) is 1.60. The molecule has 0 saturated carbocycles. The molecule has 2 amide bonds. The molecule has 1 aromatic heterocycles. The maximum atomic E-state index is 12.0. The van der Waals surface area contributed by atoms with E-state index in [-0.39, 0.29) is 11.9 Å². The van der Waals surface area contributed by atoms with Crippen molar-refractivity contribution in [3.05, 3.63) is 39.8 Å². The fourth-order valence-corrected chi connectivity index (χ4v) is 2.82. The molecule has 5 nitrogen and oxygen atoms in total. The normalized spacial score (nSPS) is 11.8. The van der Waals surface area contributed by atoms with E-state index in [9.17, 15) is 4.79 Å². The number of urea groups is 1. The molecule has 2 rings (SSSR count). The highest BCUT2D eigenvalue weighted by molar-refractivity contribution is 7.09. The SMILES string of the molecule is COc1ccc(C)c(NC(=O)NC[C@@H](C)c2nc(C)cs2)c1. The van der Waals surface area contributed by atoms with E-state index in [0.29, 0.717) is 12.3 Å². The standard InChI is InChI=1S/C16H21N3O2S/c1-10-5-6-13(21-4)7-14(10)19-16(20)17-8-11(2)15-18-12(3)9-22-15/h5-7,9,11H,8H2,1-4H3,(H2,17,19,20)/t11-/m1/s1. The summed E-state index contributed by atoms with van der Waals surface area (Å²) >= 11 is 1.62. The van der Waals surface area contributed by atoms with Crippen molar-refractivity contribution in [2.75, 3.05) is 19.0 Å². The number of thiazole rings is 1. The van der Waals surface area contributed by atoms with Crippen molar-refractivity contribution in [1.82, 2.24) is 10.3 Å². The summed E-state index contributed by atoms with van der Waals surface area (Å²) in [5.74, 6) is 0.906. The summed E-state index contributed by atoms with van der Waals surface area (Å²) in [5.41, 5.74) is 2.75. The second-order valence-electron chi connectivity index (χ2n) is 5.24. The van der Waals surface area contributed by atoms with Crippen LogP contribution in [0.4, 0.5) is 10.5 Å². The molecule has 0 aliphatic heterocycles. The van der Waals surface area contributed by atoms with Gasteiger partial charge >= 0.3 is 6.03 Å². The first-order valence-corrected chi connectivity index (χ1v) is 7.99. The van der Waals surface area contributed by atoms with Gasteiger partial charge in [0.05, 0.1) is 12.1 Å². The first-order chi connectivity index (χ1) is 10.5. The van der Waals surface area contributed by atoms with Gasteiger partial charge in [-0.05, 0) is 25.5 Å². The van der Waals surface area contributed by atoms with Gasteiger partial charge in [-0.25, -0.2) is 9.78 Å². The average molecular weight is 319 g/mol. The summed E-state index contributed by atoms with van der Waals surface area (Å²) in [6.07, 6.45) is 0. The number of amides is 2. The van der Waals surface area contributed by atoms with Crippen LogP contribution in [0.5, 0.6) is 5.75 Å². The zero-order chi connectivity index (χ0) is 16.1. The molecular formula is C16H21N3O2S. The summed E-state index contributed by atoms with van der Waals surface area (Å²) in [5, 5.41) is 8.79. The number of anilines is 1. The van der Waals surface area contributed by atoms with Crippen LogP contribution in [-0.4, -0.2) is 24.7 Å². The lowest BCUT2D eigenvalue weighted by Gasteiger charge is -2.13. The fourth-order valence-electron chi connectivity index (χ4n) is 1.96. The van der Waals surface area contributed by atoms with Gasteiger partial charge in [0.25, 0.3) is 0 Å². The number of nitrogens with zero attached hydrogens (tertiary/aromatic N) is 1. The van der Waals surface area contributed by atoms with Crippen LogP contribution in [0.3, 0.4) is 0 Å². The lowest BCUT2D eigenvalue weighted by Crippen LogP contribution is -2.32. The van der Waals surface area contributed by atoms with E-state index in [2.05, 4.69) is 22.5 Å². The highest BCUT2D eigenvalue weighted by Crippen LogP contribution is 2.22. The Hall–Kier alpha value is -2.08. The third-order valence-corrected chi connectivity index (χ3v) is 4.51. The lowest BCUT2D eigenvalue weighted by atomic mass is 10.2. The second-order valence-corrected chi connectivity index (χ2v) is 6.13. The largest absolute Gasteiger partial charge is 0.497 e. The molecule has 118 valence electrons. The Morgan fingerprint density at radius 1 is 1.41 bits per heavy atom. The van der Waals surface area contributed by atoms with Gasteiger partial charge in [-0.1, -0.05) is 13.0 Å². The molecule has 0 aliphatic carbocycles. The summed E-state index contributed by atoms with van der Waals surface area (Å²) < 4.78 is 5.17. The first-order valence-electron chi connectivity index (χ1n) is 7.11. The molecule has 1 heterocycles. The Morgan fingerprint density at radius 2 is 2.18 bits per heavy atom. The average Bonchev–Trinajstić information content (AvgIpc) is 2.93. The molecule has 1 aromatic carbocycles. The smallest absolute Gasteiger partial charge is 0.319 e. The number of nitrogens with one attached hydrogen (secondary N) is 2. The summed E-state index contributed by atoms with van der Waals surface area (Å²) in [4.78, 5) is 16.5. The van der Waals surface area contributed by atoms with Crippen molar-refractivity contribution in [1.29, 1.82) is 0 Å². The molecule has 0 saturated heterocycles. The number of aromatic nitrogens is 1. The van der Waals surface area contributed by atoms with Gasteiger partial charge in [-0.2, -0.15) is 0 Å². The van der Waals surface area contributed by atoms with Crippen LogP contribution in [0, 0.1) is 13.8 Å². The van der Waals surface area contributed by atoms with Gasteiger partial charge in [-0.3, -0.25) is 0 Å². The Morgan fingerprint density at radius 3 is 2.82 bits per heavy atom.